The quantitative estimate of drug-likeness (QED) is 0.0804. The molecule has 2 amide bonds. The van der Waals surface area contributed by atoms with Crippen molar-refractivity contribution in [1.82, 2.24) is 20.4 Å². The Balaban J connectivity index is 1.36. The molecular weight excluding hydrogens is 604 g/mol. The summed E-state index contributed by atoms with van der Waals surface area (Å²) < 4.78 is 0. The fourth-order valence-corrected chi connectivity index (χ4v) is 7.34. The van der Waals surface area contributed by atoms with Crippen LogP contribution in [0, 0.1) is 10.1 Å². The molecule has 0 bridgehead atoms. The Hall–Kier alpha value is -4.80. The van der Waals surface area contributed by atoms with E-state index in [-0.39, 0.29) is 11.1 Å². The number of likely N-dealkylation sites (tertiary alicyclic amines) is 1. The number of benzene rings is 3. The van der Waals surface area contributed by atoms with Gasteiger partial charge in [0.15, 0.2) is 0 Å². The Labute approximate surface area is 282 Å². The zero-order chi connectivity index (χ0) is 33.9. The van der Waals surface area contributed by atoms with E-state index in [0.29, 0.717) is 31.6 Å². The van der Waals surface area contributed by atoms with Crippen LogP contribution in [0.5, 0.6) is 0 Å². The molecule has 3 aromatic carbocycles. The number of carbonyl (C=O) groups excluding carboxylic acids is 2. The van der Waals surface area contributed by atoms with Gasteiger partial charge in [-0.05, 0) is 88.3 Å². The number of nitrogens with two attached hydrogens (primary N) is 1. The highest BCUT2D eigenvalue weighted by Gasteiger charge is 2.38. The molecule has 10 heteroatoms. The molecule has 2 aliphatic rings. The topological polar surface area (TPSA) is 134 Å². The number of piperidine rings is 1. The molecule has 252 valence electrons. The van der Waals surface area contributed by atoms with Gasteiger partial charge in [0, 0.05) is 35.5 Å². The van der Waals surface area contributed by atoms with Crippen LogP contribution in [-0.2, 0) is 15.0 Å². The number of nitrogens with one attached hydrogen (secondary N) is 2. The summed E-state index contributed by atoms with van der Waals surface area (Å²) in [5.74, 6) is -0.498. The molecule has 10 nitrogen and oxygen atoms in total. The maximum atomic E-state index is 12.9. The van der Waals surface area contributed by atoms with Crippen LogP contribution in [-0.4, -0.2) is 60.3 Å². The van der Waals surface area contributed by atoms with Gasteiger partial charge in [0.25, 0.3) is 5.69 Å². The molecule has 4 N–H and O–H groups in total. The number of unbranched alkanes of at least 4 members (excludes halogenated alkanes) is 1. The van der Waals surface area contributed by atoms with Crippen molar-refractivity contribution in [3.8, 4) is 0 Å². The van der Waals surface area contributed by atoms with Crippen molar-refractivity contribution in [2.24, 2.45) is 5.73 Å². The number of non-ortho nitro benzene ring substituents is 1. The molecule has 2 heterocycles. The third-order valence-electron chi connectivity index (χ3n) is 9.82. The van der Waals surface area contributed by atoms with Crippen molar-refractivity contribution in [3.05, 3.63) is 135 Å². The Morgan fingerprint density at radius 3 is 2.12 bits per heavy atom. The first kappa shape index (κ1) is 34.5. The summed E-state index contributed by atoms with van der Waals surface area (Å²) in [6.07, 6.45) is 6.58. The Morgan fingerprint density at radius 2 is 1.58 bits per heavy atom. The molecule has 2 aliphatic heterocycles. The summed E-state index contributed by atoms with van der Waals surface area (Å²) in [7, 11) is 0. The average molecular weight is 651 g/mol. The lowest BCUT2D eigenvalue weighted by Gasteiger charge is -2.43. The van der Waals surface area contributed by atoms with Gasteiger partial charge in [-0.25, -0.2) is 0 Å². The van der Waals surface area contributed by atoms with Crippen molar-refractivity contribution in [1.29, 1.82) is 0 Å². The van der Waals surface area contributed by atoms with Gasteiger partial charge in [-0.15, -0.1) is 0 Å². The molecule has 48 heavy (non-hydrogen) atoms. The van der Waals surface area contributed by atoms with Gasteiger partial charge in [-0.1, -0.05) is 72.8 Å². The molecule has 0 aliphatic carbocycles. The summed E-state index contributed by atoms with van der Waals surface area (Å²) in [5.41, 5.74) is 12.2. The maximum Gasteiger partial charge on any atom is 0.269 e. The fraction of sp³-hybridized carbons (Fsp3) is 0.368. The van der Waals surface area contributed by atoms with Crippen molar-refractivity contribution in [2.45, 2.75) is 56.8 Å². The van der Waals surface area contributed by atoms with Gasteiger partial charge in [-0.3, -0.25) is 19.7 Å². The Kier molecular flexibility index (Phi) is 11.8. The first-order valence-electron chi connectivity index (χ1n) is 16.8. The number of nitrogens with zero attached hydrogens (tertiary/aromatic N) is 3. The third-order valence-corrected chi connectivity index (χ3v) is 9.82. The number of nitro groups is 1. The summed E-state index contributed by atoms with van der Waals surface area (Å²) >= 11 is 0. The minimum absolute atomic E-state index is 0.0238. The predicted octanol–water partition coefficient (Wildman–Crippen LogP) is 5.53. The normalized spacial score (nSPS) is 17.8. The summed E-state index contributed by atoms with van der Waals surface area (Å²) in [6, 6.07) is 27.9. The van der Waals surface area contributed by atoms with Crippen LogP contribution in [0.1, 0.15) is 68.1 Å². The van der Waals surface area contributed by atoms with Crippen LogP contribution in [0.15, 0.2) is 108 Å². The fourth-order valence-electron chi connectivity index (χ4n) is 7.34. The molecule has 5 rings (SSSR count). The highest BCUT2D eigenvalue weighted by molar-refractivity contribution is 5.60. The van der Waals surface area contributed by atoms with Crippen molar-refractivity contribution >= 4 is 18.5 Å². The lowest BCUT2D eigenvalue weighted by molar-refractivity contribution is -0.384. The van der Waals surface area contributed by atoms with E-state index in [1.54, 1.807) is 17.0 Å². The number of rotatable bonds is 16. The zero-order valence-corrected chi connectivity index (χ0v) is 27.6. The second-order valence-electron chi connectivity index (χ2n) is 12.6. The van der Waals surface area contributed by atoms with Gasteiger partial charge in [0.1, 0.15) is 0 Å². The number of dihydropyridines is 1. The second kappa shape index (κ2) is 16.3. The summed E-state index contributed by atoms with van der Waals surface area (Å²) in [6.45, 7) is 5.65. The minimum atomic E-state index is -0.498. The van der Waals surface area contributed by atoms with Gasteiger partial charge in [0.05, 0.1) is 22.2 Å². The number of hydrogen-bond acceptors (Lipinski definition) is 7. The third kappa shape index (κ3) is 7.67. The average Bonchev–Trinajstić information content (AvgIpc) is 3.12. The van der Waals surface area contributed by atoms with Crippen LogP contribution in [0.3, 0.4) is 0 Å². The number of carbonyl (C=O) groups is 2. The largest absolute Gasteiger partial charge is 0.360 e. The van der Waals surface area contributed by atoms with E-state index in [9.17, 15) is 19.7 Å². The lowest BCUT2D eigenvalue weighted by atomic mass is 9.68. The van der Waals surface area contributed by atoms with Crippen LogP contribution < -0.4 is 16.4 Å². The Bertz CT molecular complexity index is 1560. The van der Waals surface area contributed by atoms with E-state index < -0.39 is 10.8 Å². The van der Waals surface area contributed by atoms with Crippen molar-refractivity contribution < 1.29 is 14.5 Å². The van der Waals surface area contributed by atoms with Crippen LogP contribution in [0.4, 0.5) is 5.69 Å². The highest BCUT2D eigenvalue weighted by Crippen LogP contribution is 2.42. The smallest absolute Gasteiger partial charge is 0.269 e. The van der Waals surface area contributed by atoms with Crippen LogP contribution in [0.25, 0.3) is 0 Å². The number of nitro benzene ring substituents is 1. The van der Waals surface area contributed by atoms with E-state index in [4.69, 9.17) is 5.73 Å². The summed E-state index contributed by atoms with van der Waals surface area (Å²) in [5, 5.41) is 17.7. The first-order chi connectivity index (χ1) is 23.4. The van der Waals surface area contributed by atoms with Gasteiger partial charge >= 0.3 is 0 Å². The van der Waals surface area contributed by atoms with E-state index in [2.05, 4.69) is 76.2 Å². The second-order valence-corrected chi connectivity index (χ2v) is 12.6. The van der Waals surface area contributed by atoms with E-state index in [0.717, 1.165) is 80.8 Å². The monoisotopic (exact) mass is 650 g/mol. The molecular formula is C38H46N6O4. The molecule has 1 fully saturated rings. The molecule has 0 radical (unpaired) electrons. The molecule has 1 atom stereocenters. The molecule has 0 aromatic heterocycles. The van der Waals surface area contributed by atoms with Crippen molar-refractivity contribution in [3.63, 3.8) is 0 Å². The van der Waals surface area contributed by atoms with Gasteiger partial charge < -0.3 is 26.2 Å². The van der Waals surface area contributed by atoms with E-state index in [1.165, 1.54) is 23.3 Å². The standard InChI is InChI=1S/C38H46N6O4/c1-29-36(40-27-45)35(30-16-18-33(19-17-30)44(47)48)37(34(41-29)15-8-9-22-39)43(28-46)24-10-23-42-25-20-38(21-26-42,31-11-4-2-5-12-31)32-13-6-3-7-14-32/h2-7,11-14,16-19,27-28,35,41H,8-10,15,20-26,39H2,1H3,(H,40,45). The molecule has 0 saturated carbocycles. The number of hydrogen-bond donors (Lipinski definition) is 3. The Morgan fingerprint density at radius 1 is 0.958 bits per heavy atom. The first-order valence-corrected chi connectivity index (χ1v) is 16.8. The maximum absolute atomic E-state index is 12.9. The van der Waals surface area contributed by atoms with Crippen molar-refractivity contribution in [2.75, 3.05) is 32.7 Å². The number of amides is 2. The summed E-state index contributed by atoms with van der Waals surface area (Å²) in [4.78, 5) is 39.8. The molecule has 1 unspecified atom stereocenters. The highest BCUT2D eigenvalue weighted by atomic mass is 16.6. The van der Waals surface area contributed by atoms with Crippen LogP contribution in [0.2, 0.25) is 0 Å². The zero-order valence-electron chi connectivity index (χ0n) is 27.6. The van der Waals surface area contributed by atoms with Gasteiger partial charge in [-0.2, -0.15) is 0 Å². The predicted molar refractivity (Wildman–Crippen MR) is 188 cm³/mol. The molecule has 0 spiro atoms. The van der Waals surface area contributed by atoms with Crippen LogP contribution >= 0.6 is 0 Å². The van der Waals surface area contributed by atoms with E-state index in [1.807, 2.05) is 6.92 Å². The number of allylic oxidation sites excluding steroid dienone is 2. The molecule has 3 aromatic rings. The van der Waals surface area contributed by atoms with E-state index >= 15 is 0 Å². The lowest BCUT2D eigenvalue weighted by Crippen LogP contribution is -2.44. The SMILES string of the molecule is CC1=C(NC=O)C(c2ccc([N+](=O)[O-])cc2)C(N(C=O)CCCN2CCC(c3ccccc3)(c3ccccc3)CC2)=C(CCCCN)N1. The van der Waals surface area contributed by atoms with Gasteiger partial charge in [0.2, 0.25) is 12.8 Å². The minimum Gasteiger partial charge on any atom is -0.360 e. The molecule has 1 saturated heterocycles.